The normalized spacial score (nSPS) is 12.7. The van der Waals surface area contributed by atoms with E-state index < -0.39 is 0 Å². The lowest BCUT2D eigenvalue weighted by Crippen LogP contribution is -2.26. The molecule has 1 atom stereocenters. The molecule has 1 aromatic carbocycles. The predicted molar refractivity (Wildman–Crippen MR) is 85.2 cm³/mol. The quantitative estimate of drug-likeness (QED) is 0.875. The third-order valence-electron chi connectivity index (χ3n) is 3.13. The van der Waals surface area contributed by atoms with Gasteiger partial charge in [0.2, 0.25) is 0 Å². The second-order valence-corrected chi connectivity index (χ2v) is 6.47. The Morgan fingerprint density at radius 2 is 1.84 bits per heavy atom. The highest BCUT2D eigenvalue weighted by molar-refractivity contribution is 9.10. The largest absolute Gasteiger partial charge is 0.327 e. The molecule has 0 fully saturated rings. The Labute approximate surface area is 130 Å². The molecule has 0 bridgehead atoms. The summed E-state index contributed by atoms with van der Waals surface area (Å²) in [4.78, 5) is 0. The monoisotopic (exact) mass is 385 g/mol. The van der Waals surface area contributed by atoms with Crippen molar-refractivity contribution in [2.75, 3.05) is 0 Å². The lowest BCUT2D eigenvalue weighted by atomic mass is 10.0. The van der Waals surface area contributed by atoms with E-state index in [1.807, 2.05) is 30.8 Å². The van der Waals surface area contributed by atoms with Crippen molar-refractivity contribution in [3.63, 3.8) is 0 Å². The van der Waals surface area contributed by atoms with Crippen LogP contribution in [-0.2, 0) is 19.9 Å². The fourth-order valence-electron chi connectivity index (χ4n) is 2.15. The van der Waals surface area contributed by atoms with E-state index in [9.17, 15) is 0 Å². The lowest BCUT2D eigenvalue weighted by Gasteiger charge is -2.12. The number of hydrogen-bond acceptors (Lipinski definition) is 2. The number of nitrogens with two attached hydrogens (primary N) is 1. The van der Waals surface area contributed by atoms with Crippen LogP contribution < -0.4 is 5.73 Å². The smallest absolute Gasteiger partial charge is 0.0738 e. The first kappa shape index (κ1) is 14.8. The number of aryl methyl sites for hydroxylation is 2. The lowest BCUT2D eigenvalue weighted by molar-refractivity contribution is 0.611. The van der Waals surface area contributed by atoms with Crippen molar-refractivity contribution >= 4 is 31.9 Å². The number of hydrogen-bond donors (Lipinski definition) is 1. The van der Waals surface area contributed by atoms with Crippen LogP contribution in [-0.4, -0.2) is 15.8 Å². The van der Waals surface area contributed by atoms with Crippen LogP contribution in [0.3, 0.4) is 0 Å². The molecule has 1 unspecified atom stereocenters. The Balaban J connectivity index is 2.05. The van der Waals surface area contributed by atoms with Crippen LogP contribution in [0.15, 0.2) is 33.2 Å². The van der Waals surface area contributed by atoms with Crippen molar-refractivity contribution in [2.45, 2.75) is 25.8 Å². The number of halogens is 2. The SMILES string of the molecule is Cc1nn(C)c(CC(N)Cc2ccc(Br)cc2)c1Br. The third-order valence-corrected chi connectivity index (χ3v) is 4.69. The number of aromatic nitrogens is 2. The second kappa shape index (κ2) is 6.20. The van der Waals surface area contributed by atoms with Crippen LogP contribution in [0.25, 0.3) is 0 Å². The highest BCUT2D eigenvalue weighted by Gasteiger charge is 2.14. The first-order valence-electron chi connectivity index (χ1n) is 6.15. The van der Waals surface area contributed by atoms with Gasteiger partial charge < -0.3 is 5.73 Å². The van der Waals surface area contributed by atoms with Crippen LogP contribution in [0.2, 0.25) is 0 Å². The van der Waals surface area contributed by atoms with Crippen molar-refractivity contribution in [3.8, 4) is 0 Å². The molecule has 3 nitrogen and oxygen atoms in total. The van der Waals surface area contributed by atoms with Gasteiger partial charge in [-0.1, -0.05) is 28.1 Å². The van der Waals surface area contributed by atoms with Gasteiger partial charge in [-0.3, -0.25) is 4.68 Å². The summed E-state index contributed by atoms with van der Waals surface area (Å²) in [5.74, 6) is 0. The molecule has 0 amide bonds. The van der Waals surface area contributed by atoms with Gasteiger partial charge in [-0.25, -0.2) is 0 Å². The molecule has 0 aliphatic carbocycles. The third kappa shape index (κ3) is 3.68. The minimum Gasteiger partial charge on any atom is -0.327 e. The van der Waals surface area contributed by atoms with Gasteiger partial charge in [0, 0.05) is 24.0 Å². The van der Waals surface area contributed by atoms with Crippen LogP contribution in [0.5, 0.6) is 0 Å². The maximum atomic E-state index is 6.25. The first-order chi connectivity index (χ1) is 8.97. The zero-order chi connectivity index (χ0) is 14.0. The van der Waals surface area contributed by atoms with Crippen molar-refractivity contribution in [2.24, 2.45) is 12.8 Å². The topological polar surface area (TPSA) is 43.8 Å². The molecule has 2 N–H and O–H groups in total. The molecule has 0 saturated heterocycles. The van der Waals surface area contributed by atoms with E-state index >= 15 is 0 Å². The maximum Gasteiger partial charge on any atom is 0.0738 e. The van der Waals surface area contributed by atoms with Crippen molar-refractivity contribution < 1.29 is 0 Å². The van der Waals surface area contributed by atoms with Gasteiger partial charge in [-0.05, 0) is 47.0 Å². The molecule has 0 aliphatic heterocycles. The Bertz CT molecular complexity index is 561. The Morgan fingerprint density at radius 3 is 2.37 bits per heavy atom. The summed E-state index contributed by atoms with van der Waals surface area (Å²) in [6, 6.07) is 8.39. The van der Waals surface area contributed by atoms with E-state index in [-0.39, 0.29) is 6.04 Å². The molecule has 102 valence electrons. The summed E-state index contributed by atoms with van der Waals surface area (Å²) < 4.78 is 4.07. The molecule has 1 heterocycles. The number of rotatable bonds is 4. The fourth-order valence-corrected chi connectivity index (χ4v) is 2.91. The minimum atomic E-state index is 0.0901. The van der Waals surface area contributed by atoms with E-state index in [1.54, 1.807) is 0 Å². The van der Waals surface area contributed by atoms with Gasteiger partial charge >= 0.3 is 0 Å². The van der Waals surface area contributed by atoms with Gasteiger partial charge in [0.05, 0.1) is 15.9 Å². The summed E-state index contributed by atoms with van der Waals surface area (Å²) in [5, 5.41) is 4.39. The molecule has 0 radical (unpaired) electrons. The molecule has 0 aliphatic rings. The van der Waals surface area contributed by atoms with Crippen LogP contribution in [0.1, 0.15) is 17.0 Å². The minimum absolute atomic E-state index is 0.0901. The van der Waals surface area contributed by atoms with Gasteiger partial charge in [0.25, 0.3) is 0 Å². The van der Waals surface area contributed by atoms with Gasteiger partial charge in [-0.15, -0.1) is 0 Å². The fraction of sp³-hybridized carbons (Fsp3) is 0.357. The van der Waals surface area contributed by atoms with Gasteiger partial charge in [0.1, 0.15) is 0 Å². The summed E-state index contributed by atoms with van der Waals surface area (Å²) in [6.45, 7) is 1.99. The molecule has 2 rings (SSSR count). The van der Waals surface area contributed by atoms with Crippen LogP contribution in [0, 0.1) is 6.92 Å². The number of benzene rings is 1. The summed E-state index contributed by atoms with van der Waals surface area (Å²) in [6.07, 6.45) is 1.68. The standard InChI is InChI=1S/C14H17Br2N3/c1-9-14(16)13(19(2)18-9)8-12(17)7-10-3-5-11(15)6-4-10/h3-6,12H,7-8,17H2,1-2H3. The molecule has 0 spiro atoms. The van der Waals surface area contributed by atoms with Crippen molar-refractivity contribution in [1.82, 2.24) is 9.78 Å². The first-order valence-corrected chi connectivity index (χ1v) is 7.74. The van der Waals surface area contributed by atoms with Gasteiger partial charge in [-0.2, -0.15) is 5.10 Å². The van der Waals surface area contributed by atoms with Crippen LogP contribution >= 0.6 is 31.9 Å². The van der Waals surface area contributed by atoms with Gasteiger partial charge in [0.15, 0.2) is 0 Å². The average Bonchev–Trinajstić information content (AvgIpc) is 2.59. The molecule has 0 saturated carbocycles. The highest BCUT2D eigenvalue weighted by atomic mass is 79.9. The second-order valence-electron chi connectivity index (χ2n) is 4.76. The highest BCUT2D eigenvalue weighted by Crippen LogP contribution is 2.22. The van der Waals surface area contributed by atoms with E-state index in [1.165, 1.54) is 5.56 Å². The maximum absolute atomic E-state index is 6.25. The van der Waals surface area contributed by atoms with Crippen molar-refractivity contribution in [3.05, 3.63) is 50.2 Å². The van der Waals surface area contributed by atoms with E-state index in [4.69, 9.17) is 5.73 Å². The zero-order valence-electron chi connectivity index (χ0n) is 11.0. The molecule has 2 aromatic rings. The molecular formula is C14H17Br2N3. The average molecular weight is 387 g/mol. The van der Waals surface area contributed by atoms with Crippen molar-refractivity contribution in [1.29, 1.82) is 0 Å². The van der Waals surface area contributed by atoms with E-state index in [2.05, 4.69) is 49.1 Å². The molecular weight excluding hydrogens is 370 g/mol. The van der Waals surface area contributed by atoms with E-state index in [0.717, 1.165) is 33.2 Å². The molecule has 1 aromatic heterocycles. The van der Waals surface area contributed by atoms with Crippen LogP contribution in [0.4, 0.5) is 0 Å². The Morgan fingerprint density at radius 1 is 1.21 bits per heavy atom. The zero-order valence-corrected chi connectivity index (χ0v) is 14.2. The summed E-state index contributed by atoms with van der Waals surface area (Å²) >= 11 is 7.02. The summed E-state index contributed by atoms with van der Waals surface area (Å²) in [5.41, 5.74) is 9.67. The molecule has 5 heteroatoms. The Hall–Kier alpha value is -0.650. The predicted octanol–water partition coefficient (Wildman–Crippen LogP) is 3.37. The molecule has 19 heavy (non-hydrogen) atoms. The summed E-state index contributed by atoms with van der Waals surface area (Å²) in [7, 11) is 1.96. The Kier molecular flexibility index (Phi) is 4.81. The number of nitrogens with zero attached hydrogens (tertiary/aromatic N) is 2. The van der Waals surface area contributed by atoms with E-state index in [0.29, 0.717) is 0 Å².